The monoisotopic (exact) mass is 408 g/mol. The number of hydrogen-bond donors (Lipinski definition) is 1. The van der Waals surface area contributed by atoms with Crippen LogP contribution in [0.4, 0.5) is 13.2 Å². The number of alkyl halides is 3. The molecule has 1 aromatic rings. The molecule has 1 atom stereocenters. The number of methoxy groups -OCH3 is 1. The third kappa shape index (κ3) is 5.90. The summed E-state index contributed by atoms with van der Waals surface area (Å²) >= 11 is 0. The molecule has 2 fully saturated rings. The zero-order valence-electron chi connectivity index (χ0n) is 15.6. The van der Waals surface area contributed by atoms with E-state index < -0.39 is 6.36 Å². The van der Waals surface area contributed by atoms with E-state index in [1.165, 1.54) is 38.5 Å². The predicted octanol–water partition coefficient (Wildman–Crippen LogP) is 4.54. The minimum Gasteiger partial charge on any atom is -0.496 e. The first kappa shape index (κ1) is 22.1. The molecular weight excluding hydrogens is 381 g/mol. The van der Waals surface area contributed by atoms with Gasteiger partial charge in [-0.15, -0.1) is 25.6 Å². The summed E-state index contributed by atoms with van der Waals surface area (Å²) in [6.07, 6.45) is 1.29. The quantitative estimate of drug-likeness (QED) is 0.775. The van der Waals surface area contributed by atoms with Crippen LogP contribution in [0.15, 0.2) is 18.2 Å². The lowest BCUT2D eigenvalue weighted by Crippen LogP contribution is -2.47. The van der Waals surface area contributed by atoms with Crippen LogP contribution < -0.4 is 14.8 Å². The fourth-order valence-corrected chi connectivity index (χ4v) is 4.29. The summed E-state index contributed by atoms with van der Waals surface area (Å²) in [5.41, 5.74) is 0.968. The van der Waals surface area contributed by atoms with Gasteiger partial charge in [0.05, 0.1) is 7.11 Å². The summed E-state index contributed by atoms with van der Waals surface area (Å²) in [7, 11) is 1.51. The van der Waals surface area contributed by atoms with Crippen molar-refractivity contribution in [3.63, 3.8) is 0 Å². The number of ether oxygens (including phenoxy) is 2. The molecule has 8 heteroatoms. The minimum atomic E-state index is -4.70. The lowest BCUT2D eigenvalue weighted by atomic mass is 9.80. The van der Waals surface area contributed by atoms with Crippen LogP contribution in [0, 0.1) is 5.92 Å². The number of rotatable bonds is 5. The van der Waals surface area contributed by atoms with Gasteiger partial charge >= 0.3 is 6.36 Å². The molecule has 0 aromatic heterocycles. The van der Waals surface area contributed by atoms with Gasteiger partial charge in [-0.1, -0.05) is 25.3 Å². The van der Waals surface area contributed by atoms with Crippen LogP contribution in [0.1, 0.15) is 43.7 Å². The molecule has 0 bridgehead atoms. The largest absolute Gasteiger partial charge is 0.573 e. The standard InChI is InChI=1S/C19H27F3N2O2.ClH/c1-25-17-13-15(26-19(20,21)22)7-8-16(17)18(14-5-3-2-4-6-14)24-11-9-23-10-12-24;/h7-8,13-14,18,23H,2-6,9-12H2,1H3;1H/t18-;/m1./s1. The summed E-state index contributed by atoms with van der Waals surface area (Å²) in [4.78, 5) is 2.45. The zero-order valence-corrected chi connectivity index (χ0v) is 16.4. The van der Waals surface area contributed by atoms with Gasteiger partial charge < -0.3 is 14.8 Å². The summed E-state index contributed by atoms with van der Waals surface area (Å²) in [5.74, 6) is 0.742. The van der Waals surface area contributed by atoms with Crippen LogP contribution >= 0.6 is 12.4 Å². The van der Waals surface area contributed by atoms with Gasteiger partial charge in [0.25, 0.3) is 0 Å². The molecule has 1 aromatic carbocycles. The Labute approximate surface area is 164 Å². The second-order valence-corrected chi connectivity index (χ2v) is 7.08. The molecular formula is C19H28ClF3N2O2. The van der Waals surface area contributed by atoms with Crippen molar-refractivity contribution in [3.05, 3.63) is 23.8 Å². The van der Waals surface area contributed by atoms with Gasteiger partial charge in [-0.05, 0) is 24.8 Å². The van der Waals surface area contributed by atoms with Crippen LogP contribution in [0.2, 0.25) is 0 Å². The van der Waals surface area contributed by atoms with Gasteiger partial charge in [-0.3, -0.25) is 4.90 Å². The smallest absolute Gasteiger partial charge is 0.496 e. The maximum Gasteiger partial charge on any atom is 0.573 e. The predicted molar refractivity (Wildman–Crippen MR) is 101 cm³/mol. The highest BCUT2D eigenvalue weighted by atomic mass is 35.5. The van der Waals surface area contributed by atoms with Gasteiger partial charge in [0, 0.05) is 43.9 Å². The molecule has 154 valence electrons. The fourth-order valence-electron chi connectivity index (χ4n) is 4.29. The summed E-state index contributed by atoms with van der Waals surface area (Å²) < 4.78 is 47.2. The lowest BCUT2D eigenvalue weighted by molar-refractivity contribution is -0.274. The average Bonchev–Trinajstić information content (AvgIpc) is 2.63. The maximum atomic E-state index is 12.5. The van der Waals surface area contributed by atoms with Crippen molar-refractivity contribution in [1.29, 1.82) is 0 Å². The Kier molecular flexibility index (Phi) is 8.06. The Bertz CT molecular complexity index is 571. The van der Waals surface area contributed by atoms with E-state index in [2.05, 4.69) is 15.0 Å². The van der Waals surface area contributed by atoms with Crippen LogP contribution in [-0.2, 0) is 0 Å². The number of halogens is 4. The van der Waals surface area contributed by atoms with Crippen molar-refractivity contribution in [1.82, 2.24) is 10.2 Å². The molecule has 3 rings (SSSR count). The molecule has 1 heterocycles. The highest BCUT2D eigenvalue weighted by Gasteiger charge is 2.34. The number of piperazine rings is 1. The van der Waals surface area contributed by atoms with E-state index in [0.29, 0.717) is 11.7 Å². The maximum absolute atomic E-state index is 12.5. The Hall–Kier alpha value is -1.18. The van der Waals surface area contributed by atoms with Gasteiger partial charge in [0.1, 0.15) is 11.5 Å². The van der Waals surface area contributed by atoms with Gasteiger partial charge in [-0.25, -0.2) is 0 Å². The van der Waals surface area contributed by atoms with Gasteiger partial charge in [-0.2, -0.15) is 0 Å². The molecule has 0 unspecified atom stereocenters. The second-order valence-electron chi connectivity index (χ2n) is 7.08. The lowest BCUT2D eigenvalue weighted by Gasteiger charge is -2.41. The Morgan fingerprint density at radius 1 is 1.11 bits per heavy atom. The molecule has 1 saturated carbocycles. The van der Waals surface area contributed by atoms with Crippen molar-refractivity contribution >= 4 is 12.4 Å². The van der Waals surface area contributed by atoms with E-state index in [0.717, 1.165) is 44.6 Å². The molecule has 0 spiro atoms. The molecule has 0 amide bonds. The third-order valence-corrected chi connectivity index (χ3v) is 5.40. The number of nitrogens with one attached hydrogen (secondary N) is 1. The van der Waals surface area contributed by atoms with Crippen molar-refractivity contribution in [2.45, 2.75) is 44.5 Å². The first-order valence-electron chi connectivity index (χ1n) is 9.36. The van der Waals surface area contributed by atoms with Crippen molar-refractivity contribution < 1.29 is 22.6 Å². The highest BCUT2D eigenvalue weighted by Crippen LogP contribution is 2.43. The van der Waals surface area contributed by atoms with E-state index in [1.54, 1.807) is 6.07 Å². The minimum absolute atomic E-state index is 0. The number of nitrogens with zero attached hydrogens (tertiary/aromatic N) is 1. The molecule has 27 heavy (non-hydrogen) atoms. The van der Waals surface area contributed by atoms with Crippen LogP contribution in [0.5, 0.6) is 11.5 Å². The van der Waals surface area contributed by atoms with E-state index in [-0.39, 0.29) is 24.2 Å². The first-order valence-corrected chi connectivity index (χ1v) is 9.36. The summed E-state index contributed by atoms with van der Waals surface area (Å²) in [6, 6.07) is 4.69. The SMILES string of the molecule is COc1cc(OC(F)(F)F)ccc1[C@@H](C1CCCCC1)N1CCNCC1.Cl. The molecule has 2 aliphatic rings. The number of benzene rings is 1. The third-order valence-electron chi connectivity index (χ3n) is 5.40. The molecule has 0 radical (unpaired) electrons. The fraction of sp³-hybridized carbons (Fsp3) is 0.684. The van der Waals surface area contributed by atoms with Crippen molar-refractivity contribution in [2.75, 3.05) is 33.3 Å². The normalized spacial score (nSPS) is 20.6. The van der Waals surface area contributed by atoms with Crippen molar-refractivity contribution in [2.24, 2.45) is 5.92 Å². The second kappa shape index (κ2) is 9.85. The van der Waals surface area contributed by atoms with Crippen molar-refractivity contribution in [3.8, 4) is 11.5 Å². The Morgan fingerprint density at radius 2 is 1.78 bits per heavy atom. The first-order chi connectivity index (χ1) is 12.5. The average molecular weight is 409 g/mol. The number of hydrogen-bond acceptors (Lipinski definition) is 4. The van der Waals surface area contributed by atoms with E-state index >= 15 is 0 Å². The molecule has 4 nitrogen and oxygen atoms in total. The topological polar surface area (TPSA) is 33.7 Å². The molecule has 1 aliphatic carbocycles. The summed E-state index contributed by atoms with van der Waals surface area (Å²) in [5, 5.41) is 3.37. The highest BCUT2D eigenvalue weighted by molar-refractivity contribution is 5.85. The Balaban J connectivity index is 0.00000261. The summed E-state index contributed by atoms with van der Waals surface area (Å²) in [6.45, 7) is 3.73. The molecule has 1 aliphatic heterocycles. The molecule has 1 N–H and O–H groups in total. The van der Waals surface area contributed by atoms with Crippen LogP contribution in [0.25, 0.3) is 0 Å². The zero-order chi connectivity index (χ0) is 18.6. The van der Waals surface area contributed by atoms with Gasteiger partial charge in [0.15, 0.2) is 0 Å². The van der Waals surface area contributed by atoms with E-state index in [9.17, 15) is 13.2 Å². The van der Waals surface area contributed by atoms with E-state index in [1.807, 2.05) is 0 Å². The van der Waals surface area contributed by atoms with Gasteiger partial charge in [0.2, 0.25) is 0 Å². The van der Waals surface area contributed by atoms with Crippen LogP contribution in [-0.4, -0.2) is 44.6 Å². The van der Waals surface area contributed by atoms with Crippen LogP contribution in [0.3, 0.4) is 0 Å². The molecule has 1 saturated heterocycles. The van der Waals surface area contributed by atoms with E-state index in [4.69, 9.17) is 4.74 Å². The Morgan fingerprint density at radius 3 is 2.37 bits per heavy atom.